The molecule has 6 nitrogen and oxygen atoms in total. The molecule has 8 heteroatoms. The first-order chi connectivity index (χ1) is 12.2. The van der Waals surface area contributed by atoms with E-state index in [0.717, 1.165) is 46.8 Å². The highest BCUT2D eigenvalue weighted by Crippen LogP contribution is 2.32. The fourth-order valence-corrected chi connectivity index (χ4v) is 4.33. The third-order valence-electron chi connectivity index (χ3n) is 3.95. The zero-order valence-corrected chi connectivity index (χ0v) is 15.9. The van der Waals surface area contributed by atoms with E-state index >= 15 is 0 Å². The van der Waals surface area contributed by atoms with E-state index in [1.807, 2.05) is 12.1 Å². The van der Waals surface area contributed by atoms with Gasteiger partial charge in [0.15, 0.2) is 10.1 Å². The monoisotopic (exact) mass is 379 g/mol. The largest absolute Gasteiger partial charge is 0.496 e. The van der Waals surface area contributed by atoms with Crippen LogP contribution < -0.4 is 10.1 Å². The minimum Gasteiger partial charge on any atom is -0.496 e. The van der Waals surface area contributed by atoms with Gasteiger partial charge in [-0.1, -0.05) is 23.1 Å². The summed E-state index contributed by atoms with van der Waals surface area (Å²) in [5.41, 5.74) is 1.66. The van der Waals surface area contributed by atoms with Gasteiger partial charge in [-0.15, -0.1) is 10.2 Å². The van der Waals surface area contributed by atoms with Crippen LogP contribution in [0.2, 0.25) is 0 Å². The Morgan fingerprint density at radius 3 is 3.08 bits per heavy atom. The van der Waals surface area contributed by atoms with Crippen molar-refractivity contribution < 1.29 is 14.3 Å². The summed E-state index contributed by atoms with van der Waals surface area (Å²) in [5, 5.41) is 12.5. The van der Waals surface area contributed by atoms with Gasteiger partial charge in [0, 0.05) is 30.0 Å². The number of rotatable bonds is 8. The smallest absolute Gasteiger partial charge is 0.206 e. The lowest BCUT2D eigenvalue weighted by Gasteiger charge is -2.09. The predicted molar refractivity (Wildman–Crippen MR) is 99.9 cm³/mol. The van der Waals surface area contributed by atoms with Crippen molar-refractivity contribution in [3.05, 3.63) is 29.3 Å². The summed E-state index contributed by atoms with van der Waals surface area (Å²) in [5.74, 6) is 1.49. The summed E-state index contributed by atoms with van der Waals surface area (Å²) in [6.45, 7) is 3.19. The topological polar surface area (TPSA) is 73.3 Å². The van der Waals surface area contributed by atoms with Crippen LogP contribution in [-0.4, -0.2) is 42.3 Å². The Bertz CT molecular complexity index is 730. The number of thioether (sulfide) groups is 1. The first-order valence-electron chi connectivity index (χ1n) is 8.15. The van der Waals surface area contributed by atoms with Gasteiger partial charge in [0.05, 0.1) is 13.2 Å². The van der Waals surface area contributed by atoms with Crippen molar-refractivity contribution in [3.8, 4) is 5.75 Å². The second-order valence-electron chi connectivity index (χ2n) is 5.76. The summed E-state index contributed by atoms with van der Waals surface area (Å²) in [6.07, 6.45) is 2.50. The number of hydrogen-bond donors (Lipinski definition) is 1. The maximum absolute atomic E-state index is 11.6. The second-order valence-corrected chi connectivity index (χ2v) is 7.96. The average molecular weight is 380 g/mol. The SMILES string of the molecule is COc1ccc(C(C)=O)cc1CSc1nnc(NCC2CCCO2)s1. The summed E-state index contributed by atoms with van der Waals surface area (Å²) in [7, 11) is 1.63. The number of hydrogen-bond acceptors (Lipinski definition) is 8. The lowest BCUT2D eigenvalue weighted by molar-refractivity contribution is 0.101. The molecule has 25 heavy (non-hydrogen) atoms. The van der Waals surface area contributed by atoms with Gasteiger partial charge in [-0.05, 0) is 38.0 Å². The van der Waals surface area contributed by atoms with Crippen molar-refractivity contribution in [1.29, 1.82) is 0 Å². The fraction of sp³-hybridized carbons (Fsp3) is 0.471. The lowest BCUT2D eigenvalue weighted by Crippen LogP contribution is -2.18. The molecule has 0 saturated carbocycles. The number of carbonyl (C=O) groups is 1. The predicted octanol–water partition coefficient (Wildman–Crippen LogP) is 3.63. The van der Waals surface area contributed by atoms with Crippen LogP contribution in [0.3, 0.4) is 0 Å². The van der Waals surface area contributed by atoms with Crippen LogP contribution >= 0.6 is 23.1 Å². The first kappa shape index (κ1) is 18.2. The molecule has 134 valence electrons. The Kier molecular flexibility index (Phi) is 6.28. The molecule has 1 fully saturated rings. The van der Waals surface area contributed by atoms with Crippen LogP contribution in [0.15, 0.2) is 22.5 Å². The van der Waals surface area contributed by atoms with E-state index in [1.165, 1.54) is 11.3 Å². The van der Waals surface area contributed by atoms with Crippen LogP contribution in [-0.2, 0) is 10.5 Å². The van der Waals surface area contributed by atoms with E-state index < -0.39 is 0 Å². The third kappa shape index (κ3) is 4.93. The van der Waals surface area contributed by atoms with Crippen molar-refractivity contribution >= 4 is 34.0 Å². The molecule has 1 atom stereocenters. The minimum atomic E-state index is 0.0467. The number of methoxy groups -OCH3 is 1. The molecular formula is C17H21N3O3S2. The molecule has 1 N–H and O–H groups in total. The highest BCUT2D eigenvalue weighted by atomic mass is 32.2. The second kappa shape index (κ2) is 8.64. The Morgan fingerprint density at radius 1 is 1.48 bits per heavy atom. The zero-order valence-electron chi connectivity index (χ0n) is 14.3. The lowest BCUT2D eigenvalue weighted by atomic mass is 10.1. The van der Waals surface area contributed by atoms with Crippen LogP contribution in [0, 0.1) is 0 Å². The normalized spacial score (nSPS) is 16.8. The van der Waals surface area contributed by atoms with Crippen molar-refractivity contribution in [2.45, 2.75) is 36.0 Å². The van der Waals surface area contributed by atoms with E-state index in [1.54, 1.807) is 31.9 Å². The zero-order chi connectivity index (χ0) is 17.6. The average Bonchev–Trinajstić information content (AvgIpc) is 3.29. The van der Waals surface area contributed by atoms with E-state index in [2.05, 4.69) is 15.5 Å². The van der Waals surface area contributed by atoms with Gasteiger partial charge in [0.1, 0.15) is 5.75 Å². The molecule has 1 aromatic carbocycles. The number of Topliss-reactive ketones (excluding diaryl/α,β-unsaturated/α-hetero) is 1. The van der Waals surface area contributed by atoms with E-state index in [4.69, 9.17) is 9.47 Å². The van der Waals surface area contributed by atoms with Crippen LogP contribution in [0.5, 0.6) is 5.75 Å². The van der Waals surface area contributed by atoms with E-state index in [9.17, 15) is 4.79 Å². The molecule has 0 aliphatic carbocycles. The Morgan fingerprint density at radius 2 is 2.36 bits per heavy atom. The molecule has 2 aromatic rings. The quantitative estimate of drug-likeness (QED) is 0.554. The highest BCUT2D eigenvalue weighted by molar-refractivity contribution is 8.00. The van der Waals surface area contributed by atoms with Gasteiger partial charge in [-0.2, -0.15) is 0 Å². The third-order valence-corrected chi connectivity index (χ3v) is 6.01. The Hall–Kier alpha value is -1.64. The summed E-state index contributed by atoms with van der Waals surface area (Å²) >= 11 is 3.11. The number of nitrogens with one attached hydrogen (secondary N) is 1. The minimum absolute atomic E-state index is 0.0467. The number of aromatic nitrogens is 2. The molecule has 2 heterocycles. The molecule has 1 unspecified atom stereocenters. The van der Waals surface area contributed by atoms with Gasteiger partial charge in [-0.25, -0.2) is 0 Å². The highest BCUT2D eigenvalue weighted by Gasteiger charge is 2.16. The molecule has 3 rings (SSSR count). The Balaban J connectivity index is 1.58. The molecule has 1 aromatic heterocycles. The number of ketones is 1. The molecule has 0 bridgehead atoms. The van der Waals surface area contributed by atoms with Crippen LogP contribution in [0.1, 0.15) is 35.7 Å². The number of anilines is 1. The van der Waals surface area contributed by atoms with Gasteiger partial charge in [0.25, 0.3) is 0 Å². The molecule has 0 spiro atoms. The number of benzene rings is 1. The van der Waals surface area contributed by atoms with Gasteiger partial charge in [-0.3, -0.25) is 4.79 Å². The van der Waals surface area contributed by atoms with Crippen molar-refractivity contribution in [3.63, 3.8) is 0 Å². The molecule has 0 radical (unpaired) electrons. The van der Waals surface area contributed by atoms with Gasteiger partial charge >= 0.3 is 0 Å². The van der Waals surface area contributed by atoms with Gasteiger partial charge < -0.3 is 14.8 Å². The molecule has 0 amide bonds. The summed E-state index contributed by atoms with van der Waals surface area (Å²) in [4.78, 5) is 11.6. The van der Waals surface area contributed by atoms with Crippen molar-refractivity contribution in [2.75, 3.05) is 25.6 Å². The maximum atomic E-state index is 11.6. The molecular weight excluding hydrogens is 358 g/mol. The number of carbonyl (C=O) groups excluding carboxylic acids is 1. The molecule has 1 aliphatic heterocycles. The van der Waals surface area contributed by atoms with Crippen LogP contribution in [0.25, 0.3) is 0 Å². The Labute approximate surface area is 155 Å². The number of ether oxygens (including phenoxy) is 2. The standard InChI is InChI=1S/C17H21N3O3S2/c1-11(21)12-5-6-15(22-2)13(8-12)10-24-17-20-19-16(25-17)18-9-14-4-3-7-23-14/h5-6,8,14H,3-4,7,9-10H2,1-2H3,(H,18,19). The van der Waals surface area contributed by atoms with E-state index in [0.29, 0.717) is 11.3 Å². The van der Waals surface area contributed by atoms with Crippen molar-refractivity contribution in [2.24, 2.45) is 0 Å². The fourth-order valence-electron chi connectivity index (χ4n) is 2.60. The van der Waals surface area contributed by atoms with Gasteiger partial charge in [0.2, 0.25) is 5.13 Å². The number of nitrogens with zero attached hydrogens (tertiary/aromatic N) is 2. The van der Waals surface area contributed by atoms with Crippen molar-refractivity contribution in [1.82, 2.24) is 10.2 Å². The summed E-state index contributed by atoms with van der Waals surface area (Å²) < 4.78 is 11.9. The van der Waals surface area contributed by atoms with E-state index in [-0.39, 0.29) is 11.9 Å². The first-order valence-corrected chi connectivity index (χ1v) is 9.95. The summed E-state index contributed by atoms with van der Waals surface area (Å²) in [6, 6.07) is 5.50. The molecule has 1 aliphatic rings. The maximum Gasteiger partial charge on any atom is 0.206 e. The molecule has 1 saturated heterocycles. The van der Waals surface area contributed by atoms with Crippen LogP contribution in [0.4, 0.5) is 5.13 Å².